The minimum Gasteiger partial charge on any atom is -0.369 e. The predicted molar refractivity (Wildman–Crippen MR) is 88.7 cm³/mol. The van der Waals surface area contributed by atoms with Gasteiger partial charge in [-0.3, -0.25) is 4.98 Å². The third kappa shape index (κ3) is 2.91. The molecular formula is C16H21N3S. The van der Waals surface area contributed by atoms with E-state index < -0.39 is 0 Å². The van der Waals surface area contributed by atoms with Gasteiger partial charge in [0.05, 0.1) is 11.2 Å². The highest BCUT2D eigenvalue weighted by atomic mass is 32.2. The number of pyridine rings is 1. The summed E-state index contributed by atoms with van der Waals surface area (Å²) in [5.74, 6) is 2.44. The zero-order valence-corrected chi connectivity index (χ0v) is 12.7. The maximum absolute atomic E-state index is 4.77. The molecule has 0 radical (unpaired) electrons. The van der Waals surface area contributed by atoms with Crippen LogP contribution in [0.5, 0.6) is 0 Å². The second-order valence-corrected chi connectivity index (χ2v) is 6.25. The second kappa shape index (κ2) is 6.46. The van der Waals surface area contributed by atoms with Gasteiger partial charge in [-0.05, 0) is 18.7 Å². The van der Waals surface area contributed by atoms with E-state index in [9.17, 15) is 0 Å². The van der Waals surface area contributed by atoms with Crippen LogP contribution in [-0.2, 0) is 6.54 Å². The fraction of sp³-hybridized carbons (Fsp3) is 0.438. The number of hydrogen-bond donors (Lipinski definition) is 1. The van der Waals surface area contributed by atoms with E-state index >= 15 is 0 Å². The van der Waals surface area contributed by atoms with Crippen molar-refractivity contribution in [2.75, 3.05) is 36.0 Å². The van der Waals surface area contributed by atoms with Crippen molar-refractivity contribution in [3.8, 4) is 0 Å². The van der Waals surface area contributed by atoms with Crippen LogP contribution in [-0.4, -0.2) is 36.1 Å². The molecule has 2 heterocycles. The first kappa shape index (κ1) is 13.7. The van der Waals surface area contributed by atoms with E-state index in [1.54, 1.807) is 0 Å². The summed E-state index contributed by atoms with van der Waals surface area (Å²) in [5.41, 5.74) is 3.60. The first-order chi connectivity index (χ1) is 9.88. The Morgan fingerprint density at radius 1 is 1.25 bits per heavy atom. The van der Waals surface area contributed by atoms with Gasteiger partial charge in [0.25, 0.3) is 0 Å². The third-order valence-corrected chi connectivity index (χ3v) is 4.60. The van der Waals surface area contributed by atoms with Crippen molar-refractivity contribution in [3.05, 3.63) is 36.0 Å². The van der Waals surface area contributed by atoms with Crippen LogP contribution in [0.1, 0.15) is 12.6 Å². The summed E-state index contributed by atoms with van der Waals surface area (Å²) in [5, 5.41) is 4.65. The van der Waals surface area contributed by atoms with Crippen LogP contribution in [0, 0.1) is 0 Å². The van der Waals surface area contributed by atoms with Gasteiger partial charge in [-0.2, -0.15) is 11.8 Å². The molecule has 106 valence electrons. The van der Waals surface area contributed by atoms with Crippen molar-refractivity contribution in [1.82, 2.24) is 10.3 Å². The molecule has 2 aromatic rings. The number of hydrogen-bond acceptors (Lipinski definition) is 4. The summed E-state index contributed by atoms with van der Waals surface area (Å²) in [6, 6.07) is 10.8. The van der Waals surface area contributed by atoms with Crippen molar-refractivity contribution >= 4 is 28.4 Å². The molecule has 0 atom stereocenters. The highest BCUT2D eigenvalue weighted by Gasteiger charge is 2.15. The number of benzene rings is 1. The molecule has 0 amide bonds. The number of fused-ring (bicyclic) bond motifs is 1. The van der Waals surface area contributed by atoms with Crippen LogP contribution in [0.4, 0.5) is 5.69 Å². The SMILES string of the molecule is CCNCc1cc(N2CCSCC2)c2ccccc2n1. The first-order valence-electron chi connectivity index (χ1n) is 7.30. The minimum atomic E-state index is 0.844. The van der Waals surface area contributed by atoms with E-state index in [1.165, 1.54) is 22.6 Å². The molecule has 0 bridgehead atoms. The van der Waals surface area contributed by atoms with Crippen LogP contribution in [0.15, 0.2) is 30.3 Å². The molecule has 1 aromatic carbocycles. The van der Waals surface area contributed by atoms with E-state index in [1.807, 2.05) is 11.8 Å². The maximum Gasteiger partial charge on any atom is 0.0726 e. The van der Waals surface area contributed by atoms with E-state index in [-0.39, 0.29) is 0 Å². The van der Waals surface area contributed by atoms with Crippen LogP contribution in [0.3, 0.4) is 0 Å². The molecular weight excluding hydrogens is 266 g/mol. The first-order valence-corrected chi connectivity index (χ1v) is 8.46. The fourth-order valence-corrected chi connectivity index (χ4v) is 3.52. The van der Waals surface area contributed by atoms with Crippen molar-refractivity contribution in [1.29, 1.82) is 0 Å². The predicted octanol–water partition coefficient (Wildman–Crippen LogP) is 2.90. The Morgan fingerprint density at radius 2 is 2.05 bits per heavy atom. The van der Waals surface area contributed by atoms with Gasteiger partial charge in [0.1, 0.15) is 0 Å². The minimum absolute atomic E-state index is 0.844. The molecule has 1 aliphatic rings. The van der Waals surface area contributed by atoms with Crippen LogP contribution in [0.25, 0.3) is 10.9 Å². The summed E-state index contributed by atoms with van der Waals surface area (Å²) in [6.45, 7) is 6.23. The quantitative estimate of drug-likeness (QED) is 0.936. The van der Waals surface area contributed by atoms with Gasteiger partial charge in [-0.1, -0.05) is 25.1 Å². The molecule has 3 rings (SSSR count). The zero-order chi connectivity index (χ0) is 13.8. The average Bonchev–Trinajstić information content (AvgIpc) is 2.53. The van der Waals surface area contributed by atoms with Crippen molar-refractivity contribution < 1.29 is 0 Å². The summed E-state index contributed by atoms with van der Waals surface area (Å²) in [6.07, 6.45) is 0. The molecule has 1 aliphatic heterocycles. The van der Waals surface area contributed by atoms with Gasteiger partial charge < -0.3 is 10.2 Å². The van der Waals surface area contributed by atoms with Gasteiger partial charge in [0, 0.05) is 42.2 Å². The molecule has 4 heteroatoms. The Balaban J connectivity index is 2.02. The smallest absolute Gasteiger partial charge is 0.0726 e. The van der Waals surface area contributed by atoms with Gasteiger partial charge in [-0.15, -0.1) is 0 Å². The number of rotatable bonds is 4. The van der Waals surface area contributed by atoms with Gasteiger partial charge >= 0.3 is 0 Å². The average molecular weight is 287 g/mol. The molecule has 0 aliphatic carbocycles. The zero-order valence-electron chi connectivity index (χ0n) is 11.9. The molecule has 1 N–H and O–H groups in total. The van der Waals surface area contributed by atoms with Crippen molar-refractivity contribution in [3.63, 3.8) is 0 Å². The fourth-order valence-electron chi connectivity index (χ4n) is 2.62. The lowest BCUT2D eigenvalue weighted by Gasteiger charge is -2.30. The van der Waals surface area contributed by atoms with E-state index in [2.05, 4.69) is 47.5 Å². The molecule has 1 aromatic heterocycles. The Labute approximate surface area is 124 Å². The van der Waals surface area contributed by atoms with Crippen LogP contribution in [0.2, 0.25) is 0 Å². The number of thioether (sulfide) groups is 1. The summed E-state index contributed by atoms with van der Waals surface area (Å²) in [7, 11) is 0. The Morgan fingerprint density at radius 3 is 2.85 bits per heavy atom. The highest BCUT2D eigenvalue weighted by molar-refractivity contribution is 7.99. The second-order valence-electron chi connectivity index (χ2n) is 5.03. The van der Waals surface area contributed by atoms with Gasteiger partial charge in [0.15, 0.2) is 0 Å². The Bertz CT molecular complexity index is 579. The lowest BCUT2D eigenvalue weighted by molar-refractivity contribution is 0.712. The van der Waals surface area contributed by atoms with Crippen LogP contribution >= 0.6 is 11.8 Å². The normalized spacial score (nSPS) is 15.8. The largest absolute Gasteiger partial charge is 0.369 e. The lowest BCUT2D eigenvalue weighted by Crippen LogP contribution is -2.32. The number of aromatic nitrogens is 1. The summed E-state index contributed by atoms with van der Waals surface area (Å²) in [4.78, 5) is 7.28. The Kier molecular flexibility index (Phi) is 4.43. The lowest BCUT2D eigenvalue weighted by atomic mass is 10.1. The number of para-hydroxylation sites is 1. The van der Waals surface area contributed by atoms with E-state index in [0.717, 1.165) is 37.4 Å². The molecule has 1 saturated heterocycles. The van der Waals surface area contributed by atoms with E-state index in [4.69, 9.17) is 4.98 Å². The molecule has 0 saturated carbocycles. The van der Waals surface area contributed by atoms with Gasteiger partial charge in [0.2, 0.25) is 0 Å². The summed E-state index contributed by atoms with van der Waals surface area (Å²) >= 11 is 2.05. The third-order valence-electron chi connectivity index (χ3n) is 3.66. The van der Waals surface area contributed by atoms with E-state index in [0.29, 0.717) is 0 Å². The molecule has 3 nitrogen and oxygen atoms in total. The summed E-state index contributed by atoms with van der Waals surface area (Å²) < 4.78 is 0. The number of nitrogens with zero attached hydrogens (tertiary/aromatic N) is 2. The molecule has 0 unspecified atom stereocenters. The van der Waals surface area contributed by atoms with Crippen molar-refractivity contribution in [2.45, 2.75) is 13.5 Å². The highest BCUT2D eigenvalue weighted by Crippen LogP contribution is 2.28. The molecule has 20 heavy (non-hydrogen) atoms. The van der Waals surface area contributed by atoms with Gasteiger partial charge in [-0.25, -0.2) is 0 Å². The maximum atomic E-state index is 4.77. The van der Waals surface area contributed by atoms with Crippen LogP contribution < -0.4 is 10.2 Å². The molecule has 0 spiro atoms. The number of anilines is 1. The number of nitrogens with one attached hydrogen (secondary N) is 1. The van der Waals surface area contributed by atoms with Crippen molar-refractivity contribution in [2.24, 2.45) is 0 Å². The topological polar surface area (TPSA) is 28.2 Å². The Hall–Kier alpha value is -1.26. The molecule has 1 fully saturated rings. The standard InChI is InChI=1S/C16H21N3S/c1-2-17-12-13-11-16(19-7-9-20-10-8-19)14-5-3-4-6-15(14)18-13/h3-6,11,17H,2,7-10,12H2,1H3. The monoisotopic (exact) mass is 287 g/mol.